The van der Waals surface area contributed by atoms with Crippen molar-refractivity contribution in [3.63, 3.8) is 0 Å². The molecule has 2 N–H and O–H groups in total. The number of aromatic carboxylic acids is 1. The van der Waals surface area contributed by atoms with Gasteiger partial charge in [-0.25, -0.2) is 4.79 Å². The number of benzene rings is 1. The monoisotopic (exact) mass is 261 g/mol. The molecule has 1 fully saturated rings. The van der Waals surface area contributed by atoms with Crippen LogP contribution in [-0.4, -0.2) is 17.1 Å². The average Bonchev–Trinajstić information content (AvgIpc) is 2.37. The van der Waals surface area contributed by atoms with Crippen molar-refractivity contribution in [3.05, 3.63) is 29.3 Å². The summed E-state index contributed by atoms with van der Waals surface area (Å²) in [4.78, 5) is 10.9. The molecular weight excluding hydrogens is 238 g/mol. The smallest absolute Gasteiger partial charge is 0.335 e. The lowest BCUT2D eigenvalue weighted by Gasteiger charge is -2.35. The van der Waals surface area contributed by atoms with E-state index in [4.69, 9.17) is 5.11 Å². The van der Waals surface area contributed by atoms with Crippen LogP contribution < -0.4 is 5.32 Å². The molecule has 0 bridgehead atoms. The molecule has 1 aliphatic rings. The molecule has 0 saturated heterocycles. The summed E-state index contributed by atoms with van der Waals surface area (Å²) in [5, 5.41) is 12.6. The summed E-state index contributed by atoms with van der Waals surface area (Å²) >= 11 is 0. The fraction of sp³-hybridized carbons (Fsp3) is 0.562. The van der Waals surface area contributed by atoms with Crippen molar-refractivity contribution in [2.75, 3.05) is 5.32 Å². The highest BCUT2D eigenvalue weighted by molar-refractivity contribution is 5.88. The van der Waals surface area contributed by atoms with Gasteiger partial charge in [-0.05, 0) is 48.9 Å². The zero-order valence-electron chi connectivity index (χ0n) is 11.9. The number of hydrogen-bond acceptors (Lipinski definition) is 2. The number of rotatable bonds is 3. The molecule has 0 heterocycles. The Morgan fingerprint density at radius 2 is 2.05 bits per heavy atom. The predicted molar refractivity (Wildman–Crippen MR) is 77.7 cm³/mol. The summed E-state index contributed by atoms with van der Waals surface area (Å²) in [5.41, 5.74) is 2.43. The molecule has 3 atom stereocenters. The van der Waals surface area contributed by atoms with Crippen LogP contribution in [0.2, 0.25) is 0 Å². The van der Waals surface area contributed by atoms with Gasteiger partial charge in [-0.1, -0.05) is 26.7 Å². The Kier molecular flexibility index (Phi) is 4.13. The molecule has 3 nitrogen and oxygen atoms in total. The minimum absolute atomic E-state index is 0.355. The number of carboxylic acid groups (broad SMARTS) is 1. The van der Waals surface area contributed by atoms with Gasteiger partial charge in [0.1, 0.15) is 0 Å². The predicted octanol–water partition coefficient (Wildman–Crippen LogP) is 3.93. The van der Waals surface area contributed by atoms with E-state index in [1.165, 1.54) is 19.3 Å². The second-order valence-corrected chi connectivity index (χ2v) is 5.85. The van der Waals surface area contributed by atoms with Gasteiger partial charge in [-0.2, -0.15) is 0 Å². The van der Waals surface area contributed by atoms with Gasteiger partial charge in [-0.3, -0.25) is 0 Å². The molecule has 104 valence electrons. The Balaban J connectivity index is 2.12. The van der Waals surface area contributed by atoms with Crippen LogP contribution in [0.25, 0.3) is 0 Å². The van der Waals surface area contributed by atoms with Gasteiger partial charge >= 0.3 is 5.97 Å². The van der Waals surface area contributed by atoms with Crippen LogP contribution in [0.5, 0.6) is 0 Å². The maximum Gasteiger partial charge on any atom is 0.335 e. The van der Waals surface area contributed by atoms with E-state index in [1.54, 1.807) is 12.1 Å². The Morgan fingerprint density at radius 1 is 1.32 bits per heavy atom. The third-order valence-corrected chi connectivity index (χ3v) is 4.52. The van der Waals surface area contributed by atoms with E-state index >= 15 is 0 Å². The van der Waals surface area contributed by atoms with E-state index in [1.807, 2.05) is 13.0 Å². The van der Waals surface area contributed by atoms with Crippen molar-refractivity contribution in [3.8, 4) is 0 Å². The van der Waals surface area contributed by atoms with Crippen LogP contribution in [0.1, 0.15) is 49.0 Å². The molecule has 3 heteroatoms. The van der Waals surface area contributed by atoms with E-state index in [0.29, 0.717) is 17.5 Å². The highest BCUT2D eigenvalue weighted by Gasteiger charge is 2.27. The quantitative estimate of drug-likeness (QED) is 0.866. The van der Waals surface area contributed by atoms with Gasteiger partial charge in [0.15, 0.2) is 0 Å². The van der Waals surface area contributed by atoms with Crippen molar-refractivity contribution in [1.29, 1.82) is 0 Å². The summed E-state index contributed by atoms with van der Waals surface area (Å²) in [6.45, 7) is 6.59. The van der Waals surface area contributed by atoms with Crippen LogP contribution in [-0.2, 0) is 0 Å². The molecule has 0 spiro atoms. The molecular formula is C16H23NO2. The summed E-state index contributed by atoms with van der Waals surface area (Å²) in [6.07, 6.45) is 3.79. The second-order valence-electron chi connectivity index (χ2n) is 5.85. The Bertz CT molecular complexity index is 470. The zero-order valence-corrected chi connectivity index (χ0v) is 11.9. The molecule has 2 rings (SSSR count). The Hall–Kier alpha value is -1.51. The van der Waals surface area contributed by atoms with Gasteiger partial charge in [0.2, 0.25) is 0 Å². The maximum absolute atomic E-state index is 10.9. The molecule has 1 aliphatic carbocycles. The number of carbonyl (C=O) groups is 1. The lowest BCUT2D eigenvalue weighted by molar-refractivity contribution is 0.0697. The van der Waals surface area contributed by atoms with E-state index < -0.39 is 5.97 Å². The fourth-order valence-electron chi connectivity index (χ4n) is 2.94. The first kappa shape index (κ1) is 13.9. The molecule has 0 radical (unpaired) electrons. The Labute approximate surface area is 115 Å². The molecule has 1 aromatic rings. The van der Waals surface area contributed by atoms with Crippen molar-refractivity contribution in [1.82, 2.24) is 0 Å². The highest BCUT2D eigenvalue weighted by Crippen LogP contribution is 2.32. The van der Waals surface area contributed by atoms with E-state index in [9.17, 15) is 4.79 Å². The summed E-state index contributed by atoms with van der Waals surface area (Å²) in [6, 6.07) is 5.80. The summed E-state index contributed by atoms with van der Waals surface area (Å²) < 4.78 is 0. The van der Waals surface area contributed by atoms with Crippen LogP contribution in [0.3, 0.4) is 0 Å². The summed E-state index contributed by atoms with van der Waals surface area (Å²) in [5.74, 6) is 0.548. The van der Waals surface area contributed by atoms with Crippen LogP contribution in [0.15, 0.2) is 18.2 Å². The number of anilines is 1. The minimum atomic E-state index is -0.866. The van der Waals surface area contributed by atoms with E-state index in [-0.39, 0.29) is 0 Å². The summed E-state index contributed by atoms with van der Waals surface area (Å²) in [7, 11) is 0. The van der Waals surface area contributed by atoms with Crippen molar-refractivity contribution in [2.24, 2.45) is 11.8 Å². The van der Waals surface area contributed by atoms with Gasteiger partial charge < -0.3 is 10.4 Å². The SMILES string of the molecule is Cc1cc(C(=O)O)ccc1NC1CCCC(C)C1C. The molecule has 19 heavy (non-hydrogen) atoms. The fourth-order valence-corrected chi connectivity index (χ4v) is 2.94. The molecule has 1 aromatic carbocycles. The van der Waals surface area contributed by atoms with Crippen molar-refractivity contribution < 1.29 is 9.90 Å². The third-order valence-electron chi connectivity index (χ3n) is 4.52. The first-order valence-electron chi connectivity index (χ1n) is 7.09. The molecule has 1 saturated carbocycles. The van der Waals surface area contributed by atoms with Gasteiger partial charge in [0.25, 0.3) is 0 Å². The van der Waals surface area contributed by atoms with E-state index in [2.05, 4.69) is 19.2 Å². The number of aryl methyl sites for hydroxylation is 1. The lowest BCUT2D eigenvalue weighted by atomic mass is 9.78. The standard InChI is InChI=1S/C16H23NO2/c1-10-5-4-6-15(12(10)3)17-14-8-7-13(16(18)19)9-11(14)2/h7-10,12,15,17H,4-6H2,1-3H3,(H,18,19). The Morgan fingerprint density at radius 3 is 2.68 bits per heavy atom. The maximum atomic E-state index is 10.9. The van der Waals surface area contributed by atoms with Crippen LogP contribution in [0, 0.1) is 18.8 Å². The number of carboxylic acids is 1. The average molecular weight is 261 g/mol. The van der Waals surface area contributed by atoms with Crippen LogP contribution in [0.4, 0.5) is 5.69 Å². The minimum Gasteiger partial charge on any atom is -0.478 e. The van der Waals surface area contributed by atoms with Crippen molar-refractivity contribution >= 4 is 11.7 Å². The number of nitrogens with one attached hydrogen (secondary N) is 1. The second kappa shape index (κ2) is 5.64. The first-order chi connectivity index (χ1) is 8.99. The van der Waals surface area contributed by atoms with Crippen LogP contribution >= 0.6 is 0 Å². The topological polar surface area (TPSA) is 49.3 Å². The third kappa shape index (κ3) is 3.09. The number of hydrogen-bond donors (Lipinski definition) is 2. The largest absolute Gasteiger partial charge is 0.478 e. The van der Waals surface area contributed by atoms with Gasteiger partial charge in [0.05, 0.1) is 5.56 Å². The first-order valence-corrected chi connectivity index (χ1v) is 7.09. The molecule has 0 aliphatic heterocycles. The van der Waals surface area contributed by atoms with Gasteiger partial charge in [-0.15, -0.1) is 0 Å². The molecule has 3 unspecified atom stereocenters. The van der Waals surface area contributed by atoms with Gasteiger partial charge in [0, 0.05) is 11.7 Å². The van der Waals surface area contributed by atoms with E-state index in [0.717, 1.165) is 17.2 Å². The highest BCUT2D eigenvalue weighted by atomic mass is 16.4. The molecule has 0 aromatic heterocycles. The van der Waals surface area contributed by atoms with Crippen molar-refractivity contribution in [2.45, 2.75) is 46.1 Å². The lowest BCUT2D eigenvalue weighted by Crippen LogP contribution is -2.35. The molecule has 0 amide bonds. The zero-order chi connectivity index (χ0) is 14.0. The normalized spacial score (nSPS) is 27.0.